The zero-order chi connectivity index (χ0) is 8.97. The van der Waals surface area contributed by atoms with Crippen LogP contribution in [0, 0.1) is 0 Å². The molecule has 0 aliphatic carbocycles. The van der Waals surface area contributed by atoms with E-state index in [9.17, 15) is 4.79 Å². The van der Waals surface area contributed by atoms with E-state index in [-0.39, 0.29) is 35.2 Å². The van der Waals surface area contributed by atoms with Gasteiger partial charge in [-0.15, -0.1) is 0 Å². The summed E-state index contributed by atoms with van der Waals surface area (Å²) in [4.78, 5) is 22.4. The molecule has 0 aliphatic rings. The maximum atomic E-state index is 10.7. The van der Waals surface area contributed by atoms with Crippen molar-refractivity contribution in [3.05, 3.63) is 22.7 Å². The van der Waals surface area contributed by atoms with Crippen LogP contribution in [0.1, 0.15) is 0 Å². The van der Waals surface area contributed by atoms with Crippen LogP contribution in [0.2, 0.25) is 0 Å². The number of aromatic amines is 1. The molecule has 0 unspecified atom stereocenters. The summed E-state index contributed by atoms with van der Waals surface area (Å²) in [5, 5.41) is 0. The van der Waals surface area contributed by atoms with Gasteiger partial charge in [0.1, 0.15) is 5.82 Å². The number of rotatable bonds is 2. The second kappa shape index (κ2) is 5.90. The predicted molar refractivity (Wildman–Crippen MR) is 52.5 cm³/mol. The molecule has 1 aromatic rings. The molecule has 1 heterocycles. The molecule has 1 aromatic heterocycles. The summed E-state index contributed by atoms with van der Waals surface area (Å²) in [5.41, 5.74) is -0.386. The van der Waals surface area contributed by atoms with Crippen molar-refractivity contribution in [2.75, 3.05) is 14.1 Å². The third kappa shape index (κ3) is 4.82. The molecule has 1 N–H and O–H groups in total. The number of hydrogen-bond acceptors (Lipinski definition) is 3. The van der Waals surface area contributed by atoms with Gasteiger partial charge in [0.15, 0.2) is 0 Å². The third-order valence-corrected chi connectivity index (χ3v) is 1.09. The first-order valence-corrected chi connectivity index (χ1v) is 3.44. The monoisotopic (exact) mass is 189 g/mol. The van der Waals surface area contributed by atoms with Crippen molar-refractivity contribution in [1.29, 1.82) is 0 Å². The van der Waals surface area contributed by atoms with Crippen molar-refractivity contribution in [3.63, 3.8) is 0 Å². The number of aliphatic imine (C=N–C) groups is 1. The fourth-order valence-electron chi connectivity index (χ4n) is 0.612. The van der Waals surface area contributed by atoms with Crippen LogP contribution >= 0.6 is 0 Å². The Balaban J connectivity index is 0.00000144. The van der Waals surface area contributed by atoms with Gasteiger partial charge in [-0.05, 0) is 6.07 Å². The predicted octanol–water partition coefficient (Wildman–Crippen LogP) is -0.390. The van der Waals surface area contributed by atoms with Crippen LogP contribution in [0.5, 0.6) is 0 Å². The molecule has 0 aromatic carbocycles. The van der Waals surface area contributed by atoms with Gasteiger partial charge in [0.25, 0.3) is 0 Å². The number of nitrogens with one attached hydrogen (secondary N) is 1. The Bertz CT molecular complexity index is 333. The molecule has 0 aliphatic heterocycles. The minimum atomic E-state index is -0.386. The molecule has 1 radical (unpaired) electrons. The molecular formula is C7H10N4NaO. The first-order chi connectivity index (χ1) is 5.68. The van der Waals surface area contributed by atoms with E-state index in [1.807, 2.05) is 14.1 Å². The maximum Gasteiger partial charge on any atom is 0.346 e. The Labute approximate surface area is 98.2 Å². The minimum Gasteiger partial charge on any atom is -0.369 e. The average molecular weight is 189 g/mol. The van der Waals surface area contributed by atoms with Gasteiger partial charge in [-0.3, -0.25) is 4.98 Å². The standard InChI is InChI=1S/C7H10N4O.Na/c1-11(2)5-9-6-3-4-8-7(12)10-6;/h3-5H,1-2H3,(H,8,10,12);/b9-5-;. The van der Waals surface area contributed by atoms with E-state index in [0.29, 0.717) is 5.82 Å². The summed E-state index contributed by atoms with van der Waals surface area (Å²) in [6.07, 6.45) is 3.02. The van der Waals surface area contributed by atoms with E-state index >= 15 is 0 Å². The fraction of sp³-hybridized carbons (Fsp3) is 0.286. The van der Waals surface area contributed by atoms with E-state index in [0.717, 1.165) is 0 Å². The van der Waals surface area contributed by atoms with Crippen molar-refractivity contribution in [1.82, 2.24) is 14.9 Å². The summed E-state index contributed by atoms with van der Waals surface area (Å²) < 4.78 is 0. The Morgan fingerprint density at radius 1 is 1.62 bits per heavy atom. The van der Waals surface area contributed by atoms with Gasteiger partial charge in [0, 0.05) is 49.8 Å². The van der Waals surface area contributed by atoms with Gasteiger partial charge in [-0.1, -0.05) is 0 Å². The summed E-state index contributed by atoms with van der Waals surface area (Å²) in [6, 6.07) is 1.63. The normalized spacial score (nSPS) is 9.69. The van der Waals surface area contributed by atoms with Gasteiger partial charge < -0.3 is 4.90 Å². The second-order valence-electron chi connectivity index (χ2n) is 2.47. The number of H-pyrrole nitrogens is 1. The van der Waals surface area contributed by atoms with Crippen molar-refractivity contribution < 1.29 is 0 Å². The van der Waals surface area contributed by atoms with Crippen LogP contribution < -0.4 is 5.69 Å². The van der Waals surface area contributed by atoms with E-state index in [2.05, 4.69) is 15.0 Å². The molecule has 0 amide bonds. The van der Waals surface area contributed by atoms with E-state index in [1.165, 1.54) is 6.20 Å². The summed E-state index contributed by atoms with van der Waals surface area (Å²) in [7, 11) is 3.70. The quantitative estimate of drug-likeness (QED) is 0.391. The first-order valence-electron chi connectivity index (χ1n) is 3.44. The smallest absolute Gasteiger partial charge is 0.346 e. The zero-order valence-corrected chi connectivity index (χ0v) is 9.98. The molecule has 0 atom stereocenters. The van der Waals surface area contributed by atoms with Crippen LogP contribution in [0.3, 0.4) is 0 Å². The molecule has 0 bridgehead atoms. The largest absolute Gasteiger partial charge is 0.369 e. The van der Waals surface area contributed by atoms with Crippen LogP contribution in [0.15, 0.2) is 22.1 Å². The Hall–Kier alpha value is -0.650. The molecule has 6 heteroatoms. The Kier molecular flexibility index (Phi) is 5.61. The molecular weight excluding hydrogens is 179 g/mol. The van der Waals surface area contributed by atoms with Gasteiger partial charge in [0.05, 0.1) is 6.34 Å². The summed E-state index contributed by atoms with van der Waals surface area (Å²) in [5.74, 6) is 0.503. The Morgan fingerprint density at radius 2 is 2.31 bits per heavy atom. The topological polar surface area (TPSA) is 61.4 Å². The molecule has 0 saturated heterocycles. The maximum absolute atomic E-state index is 10.7. The molecule has 0 saturated carbocycles. The zero-order valence-electron chi connectivity index (χ0n) is 7.98. The molecule has 0 fully saturated rings. The van der Waals surface area contributed by atoms with Gasteiger partial charge in [-0.25, -0.2) is 14.8 Å². The second-order valence-corrected chi connectivity index (χ2v) is 2.47. The molecule has 5 nitrogen and oxygen atoms in total. The van der Waals surface area contributed by atoms with Gasteiger partial charge in [-0.2, -0.15) is 0 Å². The van der Waals surface area contributed by atoms with Crippen LogP contribution in [0.25, 0.3) is 0 Å². The number of hydrogen-bond donors (Lipinski definition) is 1. The van der Waals surface area contributed by atoms with Gasteiger partial charge in [0.2, 0.25) is 0 Å². The Morgan fingerprint density at radius 3 is 2.85 bits per heavy atom. The van der Waals surface area contributed by atoms with Crippen molar-refractivity contribution in [2.24, 2.45) is 4.99 Å². The fourth-order valence-corrected chi connectivity index (χ4v) is 0.612. The first kappa shape index (κ1) is 12.3. The SMILES string of the molecule is CN(C)/C=N\c1ccnc(=O)[nH]1.[Na]. The molecule has 1 rings (SSSR count). The van der Waals surface area contributed by atoms with Gasteiger partial charge >= 0.3 is 5.69 Å². The van der Waals surface area contributed by atoms with Crippen LogP contribution in [0.4, 0.5) is 5.82 Å². The average Bonchev–Trinajstić information content (AvgIpc) is 2.01. The third-order valence-electron chi connectivity index (χ3n) is 1.09. The van der Waals surface area contributed by atoms with Crippen molar-refractivity contribution in [2.45, 2.75) is 0 Å². The van der Waals surface area contributed by atoms with Crippen LogP contribution in [-0.2, 0) is 0 Å². The number of aromatic nitrogens is 2. The number of nitrogens with zero attached hydrogens (tertiary/aromatic N) is 3. The molecule has 65 valence electrons. The van der Waals surface area contributed by atoms with Crippen molar-refractivity contribution >= 4 is 41.7 Å². The van der Waals surface area contributed by atoms with Crippen molar-refractivity contribution in [3.8, 4) is 0 Å². The molecule has 13 heavy (non-hydrogen) atoms. The van der Waals surface area contributed by atoms with E-state index in [1.54, 1.807) is 17.3 Å². The minimum absolute atomic E-state index is 0. The van der Waals surface area contributed by atoms with E-state index < -0.39 is 0 Å². The molecule has 0 spiro atoms. The van der Waals surface area contributed by atoms with Crippen LogP contribution in [-0.4, -0.2) is 64.9 Å². The summed E-state index contributed by atoms with van der Waals surface area (Å²) >= 11 is 0. The summed E-state index contributed by atoms with van der Waals surface area (Å²) in [6.45, 7) is 0. The van der Waals surface area contributed by atoms with E-state index in [4.69, 9.17) is 0 Å².